The van der Waals surface area contributed by atoms with Crippen LogP contribution in [-0.2, 0) is 19.1 Å². The number of hydrogen-bond donors (Lipinski definition) is 1. The number of nitrogens with one attached hydrogen (secondary N) is 1. The molecule has 1 atom stereocenters. The molecule has 1 N–H and O–H groups in total. The van der Waals surface area contributed by atoms with Crippen LogP contribution in [0.1, 0.15) is 41.6 Å². The van der Waals surface area contributed by atoms with E-state index >= 15 is 0 Å². The number of nitrogens with zero attached hydrogens (tertiary/aromatic N) is 1. The lowest BCUT2D eigenvalue weighted by molar-refractivity contribution is -0.147. The van der Waals surface area contributed by atoms with Gasteiger partial charge in [0.15, 0.2) is 12.4 Å². The van der Waals surface area contributed by atoms with Gasteiger partial charge in [0.25, 0.3) is 0 Å². The van der Waals surface area contributed by atoms with Gasteiger partial charge in [0.05, 0.1) is 5.92 Å². The summed E-state index contributed by atoms with van der Waals surface area (Å²) in [5, 5.41) is 2.73. The molecule has 0 aromatic heterocycles. The Morgan fingerprint density at radius 1 is 1.33 bits per heavy atom. The summed E-state index contributed by atoms with van der Waals surface area (Å²) >= 11 is 0. The lowest BCUT2D eigenvalue weighted by Crippen LogP contribution is -2.32. The Bertz CT molecular complexity index is 728. The number of carbonyl (C=O) groups is 4. The van der Waals surface area contributed by atoms with Crippen LogP contribution in [0.3, 0.4) is 0 Å². The third kappa shape index (κ3) is 3.15. The zero-order valence-electron chi connectivity index (χ0n) is 13.3. The molecule has 2 heterocycles. The first-order valence-corrected chi connectivity index (χ1v) is 7.87. The van der Waals surface area contributed by atoms with Gasteiger partial charge in [-0.3, -0.25) is 19.2 Å². The van der Waals surface area contributed by atoms with Crippen molar-refractivity contribution in [2.45, 2.75) is 25.7 Å². The first kappa shape index (κ1) is 16.2. The Labute approximate surface area is 139 Å². The summed E-state index contributed by atoms with van der Waals surface area (Å²) in [6, 6.07) is 4.92. The predicted octanol–water partition coefficient (Wildman–Crippen LogP) is 1.09. The summed E-state index contributed by atoms with van der Waals surface area (Å²) < 4.78 is 4.97. The van der Waals surface area contributed by atoms with Crippen LogP contribution in [0.2, 0.25) is 0 Å². The van der Waals surface area contributed by atoms with Gasteiger partial charge < -0.3 is 15.0 Å². The van der Waals surface area contributed by atoms with Crippen molar-refractivity contribution in [1.82, 2.24) is 4.90 Å². The van der Waals surface area contributed by atoms with Crippen LogP contribution < -0.4 is 5.32 Å². The lowest BCUT2D eigenvalue weighted by atomic mass is 9.99. The number of amides is 2. The van der Waals surface area contributed by atoms with E-state index < -0.39 is 5.97 Å². The normalized spacial score (nSPS) is 19.2. The largest absolute Gasteiger partial charge is 0.456 e. The van der Waals surface area contributed by atoms with Gasteiger partial charge in [0.2, 0.25) is 11.8 Å². The van der Waals surface area contributed by atoms with Gasteiger partial charge in [-0.05, 0) is 37.1 Å². The maximum atomic E-state index is 12.2. The van der Waals surface area contributed by atoms with Crippen LogP contribution >= 0.6 is 0 Å². The molecule has 1 aromatic carbocycles. The van der Waals surface area contributed by atoms with E-state index in [0.717, 1.165) is 12.0 Å². The maximum Gasteiger partial charge on any atom is 0.326 e. The van der Waals surface area contributed by atoms with E-state index in [1.54, 1.807) is 25.1 Å². The maximum absolute atomic E-state index is 12.2. The molecule has 2 aliphatic heterocycles. The second kappa shape index (κ2) is 6.43. The Morgan fingerprint density at radius 2 is 2.12 bits per heavy atom. The van der Waals surface area contributed by atoms with Crippen LogP contribution in [0.15, 0.2) is 18.2 Å². The molecule has 0 bridgehead atoms. The minimum Gasteiger partial charge on any atom is -0.456 e. The number of carbonyl (C=O) groups excluding carboxylic acids is 4. The van der Waals surface area contributed by atoms with Gasteiger partial charge in [0.1, 0.15) is 6.54 Å². The average molecular weight is 330 g/mol. The fraction of sp³-hybridized carbons (Fsp3) is 0.412. The monoisotopic (exact) mass is 330 g/mol. The van der Waals surface area contributed by atoms with Crippen LogP contribution in [0.25, 0.3) is 0 Å². The molecule has 1 saturated heterocycles. The number of hydrogen-bond acceptors (Lipinski definition) is 5. The van der Waals surface area contributed by atoms with Crippen molar-refractivity contribution in [3.8, 4) is 0 Å². The quantitative estimate of drug-likeness (QED) is 0.644. The molecule has 2 amide bonds. The third-order valence-corrected chi connectivity index (χ3v) is 4.35. The molecule has 0 spiro atoms. The molecule has 0 aliphatic carbocycles. The molecule has 0 radical (unpaired) electrons. The SMILES string of the molecule is C[C@@H]1C(=O)Nc2ccc(C(=O)COC(=O)CN3CCCC3=O)cc21. The fourth-order valence-corrected chi connectivity index (χ4v) is 2.89. The number of ether oxygens (including phenoxy) is 1. The molecule has 126 valence electrons. The highest BCUT2D eigenvalue weighted by Gasteiger charge is 2.27. The Morgan fingerprint density at radius 3 is 2.83 bits per heavy atom. The summed E-state index contributed by atoms with van der Waals surface area (Å²) in [5.74, 6) is -1.41. The van der Waals surface area contributed by atoms with E-state index in [2.05, 4.69) is 5.32 Å². The molecule has 0 unspecified atom stereocenters. The summed E-state index contributed by atoms with van der Waals surface area (Å²) in [5.41, 5.74) is 1.86. The van der Waals surface area contributed by atoms with Gasteiger partial charge in [-0.2, -0.15) is 0 Å². The number of benzene rings is 1. The minimum atomic E-state index is -0.593. The van der Waals surface area contributed by atoms with Crippen molar-refractivity contribution in [3.63, 3.8) is 0 Å². The van der Waals surface area contributed by atoms with Crippen molar-refractivity contribution in [1.29, 1.82) is 0 Å². The molecule has 2 aliphatic rings. The molecule has 7 nitrogen and oxygen atoms in total. The second-order valence-electron chi connectivity index (χ2n) is 6.02. The van der Waals surface area contributed by atoms with Crippen molar-refractivity contribution >= 4 is 29.3 Å². The van der Waals surface area contributed by atoms with Crippen molar-refractivity contribution in [3.05, 3.63) is 29.3 Å². The Balaban J connectivity index is 1.57. The number of esters is 1. The van der Waals surface area contributed by atoms with E-state index in [1.165, 1.54) is 4.90 Å². The van der Waals surface area contributed by atoms with Crippen molar-refractivity contribution in [2.24, 2.45) is 0 Å². The summed E-state index contributed by atoms with van der Waals surface area (Å²) in [6.07, 6.45) is 1.19. The Kier molecular flexibility index (Phi) is 4.33. The van der Waals surface area contributed by atoms with Gasteiger partial charge in [-0.25, -0.2) is 0 Å². The summed E-state index contributed by atoms with van der Waals surface area (Å²) in [6.45, 7) is 1.81. The van der Waals surface area contributed by atoms with Gasteiger partial charge in [-0.15, -0.1) is 0 Å². The second-order valence-corrected chi connectivity index (χ2v) is 6.02. The van der Waals surface area contributed by atoms with Gasteiger partial charge in [0, 0.05) is 24.2 Å². The van der Waals surface area contributed by atoms with Crippen LogP contribution in [0.5, 0.6) is 0 Å². The topological polar surface area (TPSA) is 92.8 Å². The predicted molar refractivity (Wildman–Crippen MR) is 84.6 cm³/mol. The first-order valence-electron chi connectivity index (χ1n) is 7.87. The molecule has 3 rings (SSSR count). The highest BCUT2D eigenvalue weighted by molar-refractivity contribution is 6.05. The summed E-state index contributed by atoms with van der Waals surface area (Å²) in [4.78, 5) is 48.4. The van der Waals surface area contributed by atoms with E-state index in [9.17, 15) is 19.2 Å². The number of likely N-dealkylation sites (tertiary alicyclic amines) is 1. The fourth-order valence-electron chi connectivity index (χ4n) is 2.89. The zero-order valence-corrected chi connectivity index (χ0v) is 13.3. The van der Waals surface area contributed by atoms with Crippen LogP contribution in [0.4, 0.5) is 5.69 Å². The molecule has 7 heteroatoms. The molecule has 24 heavy (non-hydrogen) atoms. The minimum absolute atomic E-state index is 0.0666. The number of ketones is 1. The molecule has 1 aromatic rings. The number of anilines is 1. The smallest absolute Gasteiger partial charge is 0.326 e. The van der Waals surface area contributed by atoms with Crippen molar-refractivity contribution in [2.75, 3.05) is 25.0 Å². The first-order chi connectivity index (χ1) is 11.5. The van der Waals surface area contributed by atoms with Crippen LogP contribution in [0, 0.1) is 0 Å². The lowest BCUT2D eigenvalue weighted by Gasteiger charge is -2.14. The third-order valence-electron chi connectivity index (χ3n) is 4.35. The zero-order chi connectivity index (χ0) is 17.3. The van der Waals surface area contributed by atoms with Gasteiger partial charge >= 0.3 is 5.97 Å². The summed E-state index contributed by atoms with van der Waals surface area (Å²) in [7, 11) is 0. The van der Waals surface area contributed by atoms with Crippen LogP contribution in [-0.4, -0.2) is 48.2 Å². The molecular weight excluding hydrogens is 312 g/mol. The van der Waals surface area contributed by atoms with Gasteiger partial charge in [-0.1, -0.05) is 0 Å². The van der Waals surface area contributed by atoms with E-state index in [0.29, 0.717) is 24.2 Å². The highest BCUT2D eigenvalue weighted by atomic mass is 16.5. The number of Topliss-reactive ketones (excluding diaryl/α,β-unsaturated/α-hetero) is 1. The van der Waals surface area contributed by atoms with E-state index in [4.69, 9.17) is 4.74 Å². The van der Waals surface area contributed by atoms with E-state index in [-0.39, 0.29) is 36.7 Å². The highest BCUT2D eigenvalue weighted by Crippen LogP contribution is 2.32. The van der Waals surface area contributed by atoms with Crippen molar-refractivity contribution < 1.29 is 23.9 Å². The van der Waals surface area contributed by atoms with E-state index in [1.807, 2.05) is 0 Å². The number of rotatable bonds is 5. The molecule has 1 fully saturated rings. The average Bonchev–Trinajstić information content (AvgIpc) is 3.09. The number of fused-ring (bicyclic) bond motifs is 1. The Hall–Kier alpha value is -2.70. The standard InChI is InChI=1S/C17H18N2O5/c1-10-12-7-11(4-5-13(12)18-17(10)23)14(20)9-24-16(22)8-19-6-2-3-15(19)21/h4-5,7,10H,2-3,6,8-9H2,1H3,(H,18,23)/t10-/m0/s1. The molecule has 0 saturated carbocycles. The molecular formula is C17H18N2O5.